The van der Waals surface area contributed by atoms with Crippen LogP contribution in [0.2, 0.25) is 0 Å². The van der Waals surface area contributed by atoms with E-state index in [-0.39, 0.29) is 43.5 Å². The number of carbonyl (C=O) groups excluding carboxylic acids is 4. The summed E-state index contributed by atoms with van der Waals surface area (Å²) in [5.74, 6) is -1.06. The molecule has 3 atom stereocenters. The maximum Gasteiger partial charge on any atom is 0.243 e. The minimum atomic E-state index is -1.19. The Labute approximate surface area is 281 Å². The van der Waals surface area contributed by atoms with E-state index in [9.17, 15) is 23.6 Å². The molecule has 254 valence electrons. The molecule has 0 radical (unpaired) electrons. The van der Waals surface area contributed by atoms with Gasteiger partial charge in [-0.1, -0.05) is 48.5 Å². The Morgan fingerprint density at radius 2 is 1.77 bits per heavy atom. The van der Waals surface area contributed by atoms with E-state index in [1.165, 1.54) is 12.1 Å². The number of piperidine rings is 1. The van der Waals surface area contributed by atoms with Gasteiger partial charge in [-0.3, -0.25) is 19.2 Å². The minimum Gasteiger partial charge on any atom is -0.494 e. The van der Waals surface area contributed by atoms with Crippen LogP contribution < -0.4 is 20.7 Å². The molecule has 10 heteroatoms. The van der Waals surface area contributed by atoms with Crippen molar-refractivity contribution in [2.24, 2.45) is 5.92 Å². The molecule has 5 rings (SSSR count). The summed E-state index contributed by atoms with van der Waals surface area (Å²) in [6, 6.07) is 19.4. The molecular formula is C38H45FN4O5. The molecule has 3 aromatic rings. The van der Waals surface area contributed by atoms with Gasteiger partial charge in [0.15, 0.2) is 0 Å². The summed E-state index contributed by atoms with van der Waals surface area (Å²) in [7, 11) is 0. The quantitative estimate of drug-likeness (QED) is 0.349. The van der Waals surface area contributed by atoms with Crippen LogP contribution in [-0.4, -0.2) is 60.3 Å². The first-order valence-corrected chi connectivity index (χ1v) is 16.9. The molecule has 1 saturated heterocycles. The first-order valence-electron chi connectivity index (χ1n) is 16.9. The molecule has 3 N–H and O–H groups in total. The van der Waals surface area contributed by atoms with E-state index in [0.717, 1.165) is 41.7 Å². The minimum absolute atomic E-state index is 0.00352. The van der Waals surface area contributed by atoms with E-state index in [1.807, 2.05) is 55.5 Å². The van der Waals surface area contributed by atoms with E-state index in [1.54, 1.807) is 17.0 Å². The van der Waals surface area contributed by atoms with Crippen LogP contribution in [0.3, 0.4) is 0 Å². The van der Waals surface area contributed by atoms with Gasteiger partial charge in [0.25, 0.3) is 0 Å². The Morgan fingerprint density at radius 1 is 0.958 bits per heavy atom. The van der Waals surface area contributed by atoms with Crippen molar-refractivity contribution >= 4 is 23.6 Å². The lowest BCUT2D eigenvalue weighted by Gasteiger charge is -2.34. The number of halogens is 1. The predicted octanol–water partition coefficient (Wildman–Crippen LogP) is 4.40. The molecule has 9 nitrogen and oxygen atoms in total. The second-order valence-corrected chi connectivity index (χ2v) is 12.8. The summed E-state index contributed by atoms with van der Waals surface area (Å²) in [6.45, 7) is 3.83. The second-order valence-electron chi connectivity index (χ2n) is 12.8. The Bertz CT molecular complexity index is 1580. The lowest BCUT2D eigenvalue weighted by molar-refractivity contribution is -0.138. The molecule has 48 heavy (non-hydrogen) atoms. The fourth-order valence-corrected chi connectivity index (χ4v) is 6.33. The molecule has 0 aliphatic carbocycles. The van der Waals surface area contributed by atoms with Gasteiger partial charge >= 0.3 is 0 Å². The maximum atomic E-state index is 13.9. The van der Waals surface area contributed by atoms with Crippen molar-refractivity contribution in [3.05, 3.63) is 101 Å². The highest BCUT2D eigenvalue weighted by molar-refractivity contribution is 5.95. The van der Waals surface area contributed by atoms with Gasteiger partial charge in [-0.05, 0) is 97.9 Å². The lowest BCUT2D eigenvalue weighted by Crippen LogP contribution is -2.55. The molecule has 1 fully saturated rings. The van der Waals surface area contributed by atoms with Crippen LogP contribution in [0.15, 0.2) is 72.8 Å². The molecule has 1 unspecified atom stereocenters. The third-order valence-corrected chi connectivity index (χ3v) is 9.20. The van der Waals surface area contributed by atoms with E-state index in [2.05, 4.69) is 16.0 Å². The van der Waals surface area contributed by atoms with Gasteiger partial charge in [-0.25, -0.2) is 4.39 Å². The average molecular weight is 657 g/mol. The summed E-state index contributed by atoms with van der Waals surface area (Å²) < 4.78 is 19.8. The zero-order valence-corrected chi connectivity index (χ0v) is 27.5. The summed E-state index contributed by atoms with van der Waals surface area (Å²) in [5.41, 5.74) is 3.58. The SMILES string of the molecule is Cc1ccc2cc1CNC(=O)[C@H](CCc1ccccc1)NC(=O)[C@@H](NC(=O)CCc1cccc(F)c1)CC(=O)N1CCCC(CCO2)C1. The standard InChI is InChI=1S/C38H45FN4O5/c1-26-12-15-32-22-30(26)24-40-37(46)33(16-13-27-7-3-2-4-8-27)42-38(47)34(41-35(44)17-14-28-9-5-11-31(39)21-28)23-36(45)43-19-6-10-29(25-43)18-20-48-32/h2-5,7-9,11-12,15,21-22,29,33-34H,6,10,13-14,16-20,23-25H2,1H3,(H,40,46)(H,41,44)(H,42,47)/t29?,33-,34-/m0/s1. The third kappa shape index (κ3) is 10.1. The van der Waals surface area contributed by atoms with Crippen molar-refractivity contribution in [1.82, 2.24) is 20.9 Å². The van der Waals surface area contributed by atoms with E-state index in [0.29, 0.717) is 38.1 Å². The van der Waals surface area contributed by atoms with Crippen LogP contribution in [0.4, 0.5) is 4.39 Å². The van der Waals surface area contributed by atoms with Gasteiger partial charge in [-0.2, -0.15) is 0 Å². The van der Waals surface area contributed by atoms with Crippen LogP contribution in [0, 0.1) is 18.7 Å². The van der Waals surface area contributed by atoms with Crippen molar-refractivity contribution in [2.45, 2.75) is 76.9 Å². The zero-order chi connectivity index (χ0) is 33.9. The number of hydrogen-bond donors (Lipinski definition) is 3. The molecule has 0 spiro atoms. The number of ether oxygens (including phenoxy) is 1. The molecule has 2 aliphatic heterocycles. The Balaban J connectivity index is 1.37. The van der Waals surface area contributed by atoms with E-state index in [4.69, 9.17) is 4.74 Å². The number of amides is 4. The lowest BCUT2D eigenvalue weighted by atomic mass is 9.94. The predicted molar refractivity (Wildman–Crippen MR) is 180 cm³/mol. The number of aryl methyl sites for hydroxylation is 3. The van der Waals surface area contributed by atoms with Crippen LogP contribution in [0.5, 0.6) is 5.75 Å². The molecule has 4 amide bonds. The smallest absolute Gasteiger partial charge is 0.243 e. The van der Waals surface area contributed by atoms with E-state index < -0.39 is 29.7 Å². The second kappa shape index (κ2) is 16.9. The van der Waals surface area contributed by atoms with Gasteiger partial charge in [0.1, 0.15) is 23.7 Å². The third-order valence-electron chi connectivity index (χ3n) is 9.20. The van der Waals surface area contributed by atoms with Gasteiger partial charge in [0.2, 0.25) is 23.6 Å². The van der Waals surface area contributed by atoms with Crippen LogP contribution in [-0.2, 0) is 38.6 Å². The zero-order valence-electron chi connectivity index (χ0n) is 27.5. The van der Waals surface area contributed by atoms with Crippen molar-refractivity contribution in [1.29, 1.82) is 0 Å². The fraction of sp³-hybridized carbons (Fsp3) is 0.421. The highest BCUT2D eigenvalue weighted by Crippen LogP contribution is 2.23. The highest BCUT2D eigenvalue weighted by atomic mass is 19.1. The number of fused-ring (bicyclic) bond motifs is 4. The van der Waals surface area contributed by atoms with Crippen molar-refractivity contribution in [3.8, 4) is 5.75 Å². The van der Waals surface area contributed by atoms with Gasteiger partial charge < -0.3 is 25.6 Å². The number of nitrogens with one attached hydrogen (secondary N) is 3. The molecule has 2 aliphatic rings. The summed E-state index contributed by atoms with van der Waals surface area (Å²) in [5, 5.41) is 8.60. The number of benzene rings is 3. The molecular weight excluding hydrogens is 611 g/mol. The van der Waals surface area contributed by atoms with Crippen molar-refractivity contribution in [2.75, 3.05) is 19.7 Å². The van der Waals surface area contributed by atoms with Crippen molar-refractivity contribution < 1.29 is 28.3 Å². The molecule has 2 heterocycles. The number of carbonyl (C=O) groups is 4. The monoisotopic (exact) mass is 656 g/mol. The molecule has 0 aromatic heterocycles. The van der Waals surface area contributed by atoms with Gasteiger partial charge in [0.05, 0.1) is 13.0 Å². The summed E-state index contributed by atoms with van der Waals surface area (Å²) in [4.78, 5) is 56.1. The van der Waals surface area contributed by atoms with Gasteiger partial charge in [0, 0.05) is 26.1 Å². The highest BCUT2D eigenvalue weighted by Gasteiger charge is 2.32. The first-order chi connectivity index (χ1) is 23.2. The Hall–Kier alpha value is -4.73. The van der Waals surface area contributed by atoms with Crippen LogP contribution >= 0.6 is 0 Å². The molecule has 3 aromatic carbocycles. The molecule has 4 bridgehead atoms. The normalized spacial score (nSPS) is 20.8. The number of hydrogen-bond acceptors (Lipinski definition) is 5. The first kappa shape index (κ1) is 34.6. The Morgan fingerprint density at radius 3 is 2.58 bits per heavy atom. The summed E-state index contributed by atoms with van der Waals surface area (Å²) in [6.07, 6.45) is 3.46. The van der Waals surface area contributed by atoms with Crippen LogP contribution in [0.1, 0.15) is 60.8 Å². The maximum absolute atomic E-state index is 13.9. The largest absolute Gasteiger partial charge is 0.494 e. The number of rotatable bonds is 7. The Kier molecular flexibility index (Phi) is 12.2. The summed E-state index contributed by atoms with van der Waals surface area (Å²) >= 11 is 0. The van der Waals surface area contributed by atoms with Crippen LogP contribution in [0.25, 0.3) is 0 Å². The van der Waals surface area contributed by atoms with Crippen molar-refractivity contribution in [3.63, 3.8) is 0 Å². The average Bonchev–Trinajstić information content (AvgIpc) is 3.09. The van der Waals surface area contributed by atoms with Gasteiger partial charge in [-0.15, -0.1) is 0 Å². The topological polar surface area (TPSA) is 117 Å². The van der Waals surface area contributed by atoms with E-state index >= 15 is 0 Å². The fourth-order valence-electron chi connectivity index (χ4n) is 6.33. The number of nitrogens with zero attached hydrogens (tertiary/aromatic N) is 1. The molecule has 0 saturated carbocycles.